The van der Waals surface area contributed by atoms with E-state index in [0.717, 1.165) is 12.1 Å². The zero-order valence-electron chi connectivity index (χ0n) is 14.2. The first-order valence-corrected chi connectivity index (χ1v) is 11.0. The van der Waals surface area contributed by atoms with Crippen LogP contribution in [0, 0.1) is 0 Å². The molecule has 0 saturated carbocycles. The van der Waals surface area contributed by atoms with Crippen LogP contribution in [0.1, 0.15) is 17.3 Å². The average molecular weight is 462 g/mol. The number of aromatic hydroxyl groups is 1. The SMILES string of the molecule is CC(=O)Nc1cc(O)c([As](=O)(O)O)cc1Cl.COc1ccccc1C(=O)O. The van der Waals surface area contributed by atoms with E-state index in [0.29, 0.717) is 5.75 Å². The number of methoxy groups -OCH3 is 1. The van der Waals surface area contributed by atoms with Crippen molar-refractivity contribution in [1.29, 1.82) is 0 Å². The number of hydrogen-bond donors (Lipinski definition) is 5. The molecule has 0 aliphatic heterocycles. The largest absolute Gasteiger partial charge is 0.496 e. The van der Waals surface area contributed by atoms with Gasteiger partial charge in [-0.15, -0.1) is 0 Å². The minimum atomic E-state index is -5.21. The number of ether oxygens (including phenoxy) is 1. The standard InChI is InChI=1S/C8H9AsClNO5.C8H8O3/c1-4(12)11-7-3-8(13)5(2-6(7)10)9(14,15)16;1-11-7-5-3-2-4-6(7)8(9)10/h2-3,13H,1H3,(H,11,12)(H2,14,15,16);2-5H,1H3,(H,9,10). The van der Waals surface area contributed by atoms with Crippen LogP contribution in [-0.2, 0) is 8.53 Å². The molecule has 9 nitrogen and oxygen atoms in total. The number of rotatable bonds is 4. The van der Waals surface area contributed by atoms with E-state index in [4.69, 9.17) is 29.6 Å². The van der Waals surface area contributed by atoms with Gasteiger partial charge in [-0.1, -0.05) is 12.1 Å². The molecule has 1 amide bonds. The van der Waals surface area contributed by atoms with Crippen molar-refractivity contribution in [3.8, 4) is 11.5 Å². The van der Waals surface area contributed by atoms with Gasteiger partial charge >= 0.3 is 105 Å². The van der Waals surface area contributed by atoms with Gasteiger partial charge in [-0.05, 0) is 12.1 Å². The summed E-state index contributed by atoms with van der Waals surface area (Å²) in [7, 11) is 1.45. The fraction of sp³-hybridized carbons (Fsp3) is 0.125. The Labute approximate surface area is 162 Å². The molecule has 0 atom stereocenters. The van der Waals surface area contributed by atoms with Crippen molar-refractivity contribution in [2.75, 3.05) is 12.4 Å². The van der Waals surface area contributed by atoms with Crippen LogP contribution in [0.4, 0.5) is 5.69 Å². The number of para-hydroxylation sites is 1. The van der Waals surface area contributed by atoms with E-state index in [1.807, 2.05) is 0 Å². The van der Waals surface area contributed by atoms with E-state index in [9.17, 15) is 18.4 Å². The molecule has 2 aromatic rings. The molecule has 0 aliphatic carbocycles. The van der Waals surface area contributed by atoms with E-state index < -0.39 is 36.1 Å². The Kier molecular flexibility index (Phi) is 7.93. The Morgan fingerprint density at radius 1 is 1.19 bits per heavy atom. The summed E-state index contributed by atoms with van der Waals surface area (Å²) in [5, 5.41) is 20.3. The van der Waals surface area contributed by atoms with E-state index in [1.54, 1.807) is 18.2 Å². The molecule has 0 bridgehead atoms. The van der Waals surface area contributed by atoms with Crippen molar-refractivity contribution in [2.45, 2.75) is 6.92 Å². The molecule has 11 heteroatoms. The van der Waals surface area contributed by atoms with Gasteiger partial charge in [-0.2, -0.15) is 0 Å². The molecule has 146 valence electrons. The van der Waals surface area contributed by atoms with E-state index in [2.05, 4.69) is 5.32 Å². The average Bonchev–Trinajstić information content (AvgIpc) is 2.56. The monoisotopic (exact) mass is 461 g/mol. The van der Waals surface area contributed by atoms with E-state index in [1.165, 1.54) is 20.1 Å². The zero-order valence-corrected chi connectivity index (χ0v) is 16.8. The second kappa shape index (κ2) is 9.47. The molecule has 0 fully saturated rings. The number of phenolic OH excluding ortho intramolecular Hbond substituents is 1. The van der Waals surface area contributed by atoms with Crippen LogP contribution in [0.25, 0.3) is 0 Å². The minimum absolute atomic E-state index is 0.0484. The van der Waals surface area contributed by atoms with Gasteiger partial charge < -0.3 is 9.84 Å². The molecule has 27 heavy (non-hydrogen) atoms. The first-order chi connectivity index (χ1) is 12.5. The van der Waals surface area contributed by atoms with Gasteiger partial charge in [0.05, 0.1) is 7.11 Å². The van der Waals surface area contributed by atoms with Gasteiger partial charge in [0.25, 0.3) is 0 Å². The number of phenols is 1. The number of anilines is 1. The maximum atomic E-state index is 11.0. The maximum absolute atomic E-state index is 11.0. The summed E-state index contributed by atoms with van der Waals surface area (Å²) in [5.41, 5.74) is 0.286. The summed E-state index contributed by atoms with van der Waals surface area (Å²) in [6.45, 7) is 1.24. The predicted molar refractivity (Wildman–Crippen MR) is 97.9 cm³/mol. The fourth-order valence-electron chi connectivity index (χ4n) is 1.89. The quantitative estimate of drug-likeness (QED) is 0.422. The van der Waals surface area contributed by atoms with Crippen LogP contribution in [0.2, 0.25) is 5.02 Å². The molecule has 0 spiro atoms. The zero-order chi connectivity index (χ0) is 20.8. The molecular formula is C16H17AsClNO8. The summed E-state index contributed by atoms with van der Waals surface area (Å²) in [5.74, 6) is -1.58. The number of carboxylic acids is 1. The summed E-state index contributed by atoms with van der Waals surface area (Å²) in [4.78, 5) is 21.3. The smallest absolute Gasteiger partial charge is 0.339 e. The number of benzene rings is 2. The van der Waals surface area contributed by atoms with Crippen LogP contribution >= 0.6 is 11.6 Å². The van der Waals surface area contributed by atoms with Crippen LogP contribution in [0.15, 0.2) is 36.4 Å². The van der Waals surface area contributed by atoms with Crippen LogP contribution < -0.4 is 14.4 Å². The van der Waals surface area contributed by atoms with Crippen molar-refractivity contribution in [3.63, 3.8) is 0 Å². The Hall–Kier alpha value is -2.45. The molecule has 0 saturated heterocycles. The Balaban J connectivity index is 0.000000289. The van der Waals surface area contributed by atoms with Crippen molar-refractivity contribution in [1.82, 2.24) is 0 Å². The van der Waals surface area contributed by atoms with Crippen LogP contribution in [0.5, 0.6) is 11.5 Å². The molecule has 0 radical (unpaired) electrons. The molecule has 0 unspecified atom stereocenters. The van der Waals surface area contributed by atoms with Crippen molar-refractivity contribution >= 4 is 47.7 Å². The van der Waals surface area contributed by atoms with Crippen molar-refractivity contribution in [2.24, 2.45) is 0 Å². The third-order valence-electron chi connectivity index (χ3n) is 3.03. The van der Waals surface area contributed by atoms with Gasteiger partial charge in [0.1, 0.15) is 11.3 Å². The molecular weight excluding hydrogens is 445 g/mol. The topological polar surface area (TPSA) is 153 Å². The number of amides is 1. The Morgan fingerprint density at radius 2 is 1.78 bits per heavy atom. The van der Waals surface area contributed by atoms with Gasteiger partial charge in [-0.25, -0.2) is 4.79 Å². The number of carboxylic acid groups (broad SMARTS) is 1. The van der Waals surface area contributed by atoms with E-state index >= 15 is 0 Å². The third kappa shape index (κ3) is 6.65. The number of nitrogens with one attached hydrogen (secondary N) is 1. The summed E-state index contributed by atoms with van der Waals surface area (Å²) >= 11 is 0.484. The third-order valence-corrected chi connectivity index (χ3v) is 5.41. The summed E-state index contributed by atoms with van der Waals surface area (Å²) < 4.78 is 33.2. The molecule has 5 N–H and O–H groups in total. The number of hydrogen-bond acceptors (Lipinski definition) is 5. The molecule has 0 aromatic heterocycles. The first kappa shape index (κ1) is 22.6. The second-order valence-electron chi connectivity index (χ2n) is 5.05. The number of halogens is 1. The summed E-state index contributed by atoms with van der Waals surface area (Å²) in [6, 6.07) is 8.45. The molecule has 2 rings (SSSR count). The Morgan fingerprint density at radius 3 is 2.22 bits per heavy atom. The first-order valence-electron chi connectivity index (χ1n) is 7.20. The van der Waals surface area contributed by atoms with Gasteiger partial charge in [0.2, 0.25) is 0 Å². The number of aromatic carboxylic acids is 1. The number of carbonyl (C=O) groups excluding carboxylic acids is 1. The minimum Gasteiger partial charge on any atom is -0.496 e. The molecule has 0 aliphatic rings. The normalized spacial score (nSPS) is 10.4. The summed E-state index contributed by atoms with van der Waals surface area (Å²) in [6.07, 6.45) is 0. The van der Waals surface area contributed by atoms with Gasteiger partial charge in [0.15, 0.2) is 0 Å². The second-order valence-corrected chi connectivity index (χ2v) is 8.75. The molecule has 0 heterocycles. The van der Waals surface area contributed by atoms with Gasteiger partial charge in [0, 0.05) is 0 Å². The maximum Gasteiger partial charge on any atom is 0.339 e. The van der Waals surface area contributed by atoms with E-state index in [-0.39, 0.29) is 16.3 Å². The van der Waals surface area contributed by atoms with Crippen LogP contribution in [0.3, 0.4) is 0 Å². The van der Waals surface area contributed by atoms with Crippen LogP contribution in [-0.4, -0.2) is 51.6 Å². The van der Waals surface area contributed by atoms with Gasteiger partial charge in [-0.3, -0.25) is 0 Å². The Bertz CT molecular complexity index is 896. The predicted octanol–water partition coefficient (Wildman–Crippen LogP) is 0.958. The fourth-order valence-corrected chi connectivity index (χ4v) is 3.65. The van der Waals surface area contributed by atoms with Crippen molar-refractivity contribution < 1.29 is 36.5 Å². The molecule has 2 aromatic carbocycles. The van der Waals surface area contributed by atoms with Crippen molar-refractivity contribution in [3.05, 3.63) is 47.0 Å². The number of carbonyl (C=O) groups is 2.